The molecule has 4 nitrogen and oxygen atoms in total. The molecule has 1 atom stereocenters. The van der Waals surface area contributed by atoms with Gasteiger partial charge in [0.15, 0.2) is 0 Å². The molecule has 17 heavy (non-hydrogen) atoms. The average Bonchev–Trinajstić information content (AvgIpc) is 2.28. The third kappa shape index (κ3) is 3.11. The van der Waals surface area contributed by atoms with Gasteiger partial charge in [-0.05, 0) is 19.1 Å². The first-order chi connectivity index (χ1) is 7.97. The van der Waals surface area contributed by atoms with Crippen LogP contribution in [0.15, 0.2) is 18.2 Å². The van der Waals surface area contributed by atoms with Gasteiger partial charge in [-0.25, -0.2) is 0 Å². The summed E-state index contributed by atoms with van der Waals surface area (Å²) in [5.41, 5.74) is 6.37. The van der Waals surface area contributed by atoms with Crippen LogP contribution < -0.4 is 5.73 Å². The third-order valence-corrected chi connectivity index (χ3v) is 2.69. The number of benzene rings is 1. The minimum Gasteiger partial charge on any atom is -0.398 e. The highest BCUT2D eigenvalue weighted by molar-refractivity contribution is 6.34. The monoisotopic (exact) mass is 251 g/mol. The fourth-order valence-electron chi connectivity index (χ4n) is 1.49. The second-order valence-electron chi connectivity index (χ2n) is 3.92. The quantitative estimate of drug-likeness (QED) is 0.837. The van der Waals surface area contributed by atoms with Gasteiger partial charge in [-0.2, -0.15) is 5.26 Å². The number of halogens is 1. The minimum atomic E-state index is -0.268. The zero-order valence-electron chi connectivity index (χ0n) is 9.77. The van der Waals surface area contributed by atoms with Crippen molar-refractivity contribution in [3.63, 3.8) is 0 Å². The van der Waals surface area contributed by atoms with Crippen LogP contribution in [0.5, 0.6) is 0 Å². The summed E-state index contributed by atoms with van der Waals surface area (Å²) in [6.45, 7) is 2.10. The molecule has 0 radical (unpaired) electrons. The van der Waals surface area contributed by atoms with E-state index in [4.69, 9.17) is 22.6 Å². The number of nitriles is 1. The van der Waals surface area contributed by atoms with E-state index < -0.39 is 0 Å². The van der Waals surface area contributed by atoms with Crippen molar-refractivity contribution in [1.29, 1.82) is 5.26 Å². The van der Waals surface area contributed by atoms with Gasteiger partial charge in [-0.15, -0.1) is 0 Å². The molecule has 0 aromatic heterocycles. The number of amides is 1. The Bertz CT molecular complexity index is 447. The van der Waals surface area contributed by atoms with Crippen molar-refractivity contribution in [2.75, 3.05) is 19.3 Å². The molecule has 0 aliphatic rings. The van der Waals surface area contributed by atoms with E-state index in [0.29, 0.717) is 22.8 Å². The van der Waals surface area contributed by atoms with Crippen molar-refractivity contribution in [2.24, 2.45) is 5.92 Å². The Hall–Kier alpha value is -1.73. The molecular weight excluding hydrogens is 238 g/mol. The van der Waals surface area contributed by atoms with Crippen LogP contribution in [0.25, 0.3) is 0 Å². The first-order valence-corrected chi connectivity index (χ1v) is 5.54. The van der Waals surface area contributed by atoms with E-state index in [2.05, 4.69) is 6.07 Å². The Morgan fingerprint density at radius 2 is 2.29 bits per heavy atom. The van der Waals surface area contributed by atoms with Crippen LogP contribution in [-0.2, 0) is 0 Å². The Morgan fingerprint density at radius 3 is 2.82 bits per heavy atom. The van der Waals surface area contributed by atoms with Crippen molar-refractivity contribution < 1.29 is 4.79 Å². The van der Waals surface area contributed by atoms with E-state index in [1.54, 1.807) is 32.2 Å². The SMILES string of the molecule is CC(C#N)CN(C)C(=O)c1c(N)cccc1Cl. The van der Waals surface area contributed by atoms with Gasteiger partial charge < -0.3 is 10.6 Å². The van der Waals surface area contributed by atoms with Crippen molar-refractivity contribution in [3.8, 4) is 6.07 Å². The fraction of sp³-hybridized carbons (Fsp3) is 0.333. The number of hydrogen-bond acceptors (Lipinski definition) is 3. The smallest absolute Gasteiger partial charge is 0.257 e. The number of rotatable bonds is 3. The average molecular weight is 252 g/mol. The summed E-state index contributed by atoms with van der Waals surface area (Å²) in [7, 11) is 1.62. The second kappa shape index (κ2) is 5.55. The molecule has 1 amide bonds. The molecule has 0 aliphatic heterocycles. The van der Waals surface area contributed by atoms with E-state index in [1.165, 1.54) is 4.90 Å². The number of anilines is 1. The predicted octanol–water partition coefficient (Wildman–Crippen LogP) is 2.15. The maximum absolute atomic E-state index is 12.1. The Labute approximate surface area is 106 Å². The van der Waals surface area contributed by atoms with E-state index in [0.717, 1.165) is 0 Å². The van der Waals surface area contributed by atoms with Gasteiger partial charge in [0.2, 0.25) is 0 Å². The van der Waals surface area contributed by atoms with Crippen molar-refractivity contribution in [3.05, 3.63) is 28.8 Å². The number of carbonyl (C=O) groups excluding carboxylic acids is 1. The van der Waals surface area contributed by atoms with Gasteiger partial charge in [0.05, 0.1) is 22.6 Å². The lowest BCUT2D eigenvalue weighted by Gasteiger charge is -2.19. The molecule has 1 aromatic rings. The van der Waals surface area contributed by atoms with Gasteiger partial charge >= 0.3 is 0 Å². The summed E-state index contributed by atoms with van der Waals surface area (Å²) in [5, 5.41) is 9.03. The number of nitrogens with zero attached hydrogens (tertiary/aromatic N) is 2. The number of hydrogen-bond donors (Lipinski definition) is 1. The van der Waals surface area contributed by atoms with Crippen molar-refractivity contribution >= 4 is 23.2 Å². The molecule has 0 bridgehead atoms. The van der Waals surface area contributed by atoms with Crippen LogP contribution in [0, 0.1) is 17.2 Å². The van der Waals surface area contributed by atoms with E-state index in [-0.39, 0.29) is 11.8 Å². The zero-order chi connectivity index (χ0) is 13.0. The molecule has 0 saturated carbocycles. The highest BCUT2D eigenvalue weighted by atomic mass is 35.5. The Morgan fingerprint density at radius 1 is 1.65 bits per heavy atom. The van der Waals surface area contributed by atoms with Crippen molar-refractivity contribution in [1.82, 2.24) is 4.90 Å². The third-order valence-electron chi connectivity index (χ3n) is 2.37. The molecule has 2 N–H and O–H groups in total. The summed E-state index contributed by atoms with van der Waals surface area (Å²) in [5.74, 6) is -0.497. The van der Waals surface area contributed by atoms with E-state index >= 15 is 0 Å². The molecular formula is C12H14ClN3O. The molecule has 0 heterocycles. The van der Waals surface area contributed by atoms with Crippen LogP contribution in [0.4, 0.5) is 5.69 Å². The maximum Gasteiger partial charge on any atom is 0.257 e. The molecule has 0 aliphatic carbocycles. The highest BCUT2D eigenvalue weighted by Crippen LogP contribution is 2.23. The first kappa shape index (κ1) is 13.3. The van der Waals surface area contributed by atoms with Crippen LogP contribution in [0.3, 0.4) is 0 Å². The van der Waals surface area contributed by atoms with Crippen LogP contribution >= 0.6 is 11.6 Å². The van der Waals surface area contributed by atoms with Crippen LogP contribution in [0.2, 0.25) is 5.02 Å². The van der Waals surface area contributed by atoms with Gasteiger partial charge in [0, 0.05) is 19.3 Å². The Kier molecular flexibility index (Phi) is 4.36. The van der Waals surface area contributed by atoms with E-state index in [9.17, 15) is 4.79 Å². The standard InChI is InChI=1S/C12H14ClN3O/c1-8(6-14)7-16(2)12(17)11-9(13)4-3-5-10(11)15/h3-5,8H,7,15H2,1-2H3. The molecule has 1 rings (SSSR count). The summed E-state index contributed by atoms with van der Waals surface area (Å²) in [6, 6.07) is 7.00. The molecule has 90 valence electrons. The second-order valence-corrected chi connectivity index (χ2v) is 4.33. The first-order valence-electron chi connectivity index (χ1n) is 5.16. The lowest BCUT2D eigenvalue weighted by molar-refractivity contribution is 0.0786. The topological polar surface area (TPSA) is 70.1 Å². The summed E-state index contributed by atoms with van der Waals surface area (Å²) < 4.78 is 0. The van der Waals surface area contributed by atoms with E-state index in [1.807, 2.05) is 0 Å². The number of nitrogen functional groups attached to an aromatic ring is 1. The number of nitrogens with two attached hydrogens (primary N) is 1. The lowest BCUT2D eigenvalue weighted by Crippen LogP contribution is -2.31. The molecule has 0 fully saturated rings. The Balaban J connectivity index is 2.94. The maximum atomic E-state index is 12.1. The molecule has 1 unspecified atom stereocenters. The summed E-state index contributed by atoms with van der Waals surface area (Å²) in [6.07, 6.45) is 0. The lowest BCUT2D eigenvalue weighted by atomic mass is 10.1. The number of carbonyl (C=O) groups is 1. The largest absolute Gasteiger partial charge is 0.398 e. The molecule has 0 spiro atoms. The van der Waals surface area contributed by atoms with Crippen LogP contribution in [-0.4, -0.2) is 24.4 Å². The zero-order valence-corrected chi connectivity index (χ0v) is 10.5. The summed E-state index contributed by atoms with van der Waals surface area (Å²) in [4.78, 5) is 13.5. The van der Waals surface area contributed by atoms with Gasteiger partial charge in [-0.1, -0.05) is 17.7 Å². The van der Waals surface area contributed by atoms with Gasteiger partial charge in [-0.3, -0.25) is 4.79 Å². The highest BCUT2D eigenvalue weighted by Gasteiger charge is 2.19. The molecule has 1 aromatic carbocycles. The van der Waals surface area contributed by atoms with Gasteiger partial charge in [0.1, 0.15) is 0 Å². The van der Waals surface area contributed by atoms with Gasteiger partial charge in [0.25, 0.3) is 5.91 Å². The minimum absolute atomic E-state index is 0.229. The normalized spacial score (nSPS) is 11.6. The van der Waals surface area contributed by atoms with Crippen molar-refractivity contribution in [2.45, 2.75) is 6.92 Å². The van der Waals surface area contributed by atoms with Crippen LogP contribution in [0.1, 0.15) is 17.3 Å². The fourth-order valence-corrected chi connectivity index (χ4v) is 1.75. The predicted molar refractivity (Wildman–Crippen MR) is 67.6 cm³/mol. The molecule has 5 heteroatoms. The molecule has 0 saturated heterocycles. The summed E-state index contributed by atoms with van der Waals surface area (Å²) >= 11 is 5.95.